The molecule has 0 saturated heterocycles. The van der Waals surface area contributed by atoms with Crippen molar-refractivity contribution >= 4 is 34.3 Å². The minimum atomic E-state index is -0.720. The molecule has 0 aliphatic heterocycles. The van der Waals surface area contributed by atoms with Crippen molar-refractivity contribution in [2.45, 2.75) is 6.54 Å². The lowest BCUT2D eigenvalue weighted by Crippen LogP contribution is -2.24. The van der Waals surface area contributed by atoms with Gasteiger partial charge < -0.3 is 15.8 Å². The monoisotopic (exact) mass is 463 g/mol. The van der Waals surface area contributed by atoms with Gasteiger partial charge in [0.15, 0.2) is 0 Å². The van der Waals surface area contributed by atoms with Gasteiger partial charge in [-0.1, -0.05) is 24.3 Å². The smallest absolute Gasteiger partial charge is 0.255 e. The summed E-state index contributed by atoms with van der Waals surface area (Å²) in [6.07, 6.45) is 0. The van der Waals surface area contributed by atoms with Gasteiger partial charge in [0.2, 0.25) is 5.95 Å². The molecule has 0 fully saturated rings. The molecule has 0 radical (unpaired) electrons. The lowest BCUT2D eigenvalue weighted by Gasteiger charge is -2.09. The molecule has 1 aromatic heterocycles. The average molecular weight is 463 g/mol. The predicted octanol–water partition coefficient (Wildman–Crippen LogP) is 4.13. The molecule has 5 nitrogen and oxygen atoms in total. The van der Waals surface area contributed by atoms with Crippen molar-refractivity contribution < 1.29 is 13.9 Å². The summed E-state index contributed by atoms with van der Waals surface area (Å²) in [6.45, 7) is 0.304. The second-order valence-corrected chi connectivity index (χ2v) is 6.59. The Bertz CT molecular complexity index is 932. The number of nitrogens with one attached hydrogen (secondary N) is 1. The quantitative estimate of drug-likeness (QED) is 0.441. The van der Waals surface area contributed by atoms with Crippen LogP contribution < -0.4 is 15.8 Å². The van der Waals surface area contributed by atoms with Crippen LogP contribution in [0.5, 0.6) is 11.5 Å². The molecule has 7 heteroatoms. The van der Waals surface area contributed by atoms with Gasteiger partial charge in [-0.2, -0.15) is 4.39 Å². The van der Waals surface area contributed by atoms with Gasteiger partial charge in [0.25, 0.3) is 5.91 Å². The molecule has 1 heterocycles. The Morgan fingerprint density at radius 2 is 1.85 bits per heavy atom. The first-order chi connectivity index (χ1) is 12.5. The highest BCUT2D eigenvalue weighted by Gasteiger charge is 2.11. The van der Waals surface area contributed by atoms with Crippen LogP contribution in [0.4, 0.5) is 10.2 Å². The highest BCUT2D eigenvalue weighted by atomic mass is 127. The van der Waals surface area contributed by atoms with Crippen LogP contribution in [-0.2, 0) is 6.54 Å². The summed E-state index contributed by atoms with van der Waals surface area (Å²) < 4.78 is 19.8. The Hall–Kier alpha value is -2.68. The van der Waals surface area contributed by atoms with E-state index in [1.54, 1.807) is 0 Å². The van der Waals surface area contributed by atoms with E-state index < -0.39 is 11.9 Å². The molecule has 0 aliphatic carbocycles. The molecule has 26 heavy (non-hydrogen) atoms. The second-order valence-electron chi connectivity index (χ2n) is 5.43. The lowest BCUT2D eigenvalue weighted by atomic mass is 10.2. The predicted molar refractivity (Wildman–Crippen MR) is 105 cm³/mol. The summed E-state index contributed by atoms with van der Waals surface area (Å²) in [4.78, 5) is 15.6. The summed E-state index contributed by atoms with van der Waals surface area (Å²) in [5.74, 6) is 0.227. The Morgan fingerprint density at radius 3 is 2.54 bits per heavy atom. The van der Waals surface area contributed by atoms with Gasteiger partial charge in [-0.15, -0.1) is 0 Å². The van der Waals surface area contributed by atoms with E-state index in [-0.39, 0.29) is 11.4 Å². The molecular weight excluding hydrogens is 448 g/mol. The van der Waals surface area contributed by atoms with Gasteiger partial charge in [-0.25, -0.2) is 4.98 Å². The molecule has 0 atom stereocenters. The molecule has 3 rings (SSSR count). The highest BCUT2D eigenvalue weighted by molar-refractivity contribution is 14.1. The number of carbonyl (C=O) groups is 1. The van der Waals surface area contributed by atoms with Crippen molar-refractivity contribution in [3.05, 3.63) is 81.3 Å². The van der Waals surface area contributed by atoms with E-state index in [9.17, 15) is 9.18 Å². The number of amides is 1. The van der Waals surface area contributed by atoms with Crippen molar-refractivity contribution in [2.75, 3.05) is 5.73 Å². The molecular formula is C19H15FIN3O2. The maximum atomic E-state index is 12.9. The maximum Gasteiger partial charge on any atom is 0.255 e. The molecule has 0 bridgehead atoms. The number of nitrogens with two attached hydrogens (primary N) is 1. The number of nitrogens with zero attached hydrogens (tertiary/aromatic N) is 1. The summed E-state index contributed by atoms with van der Waals surface area (Å²) in [5, 5.41) is 2.73. The molecule has 3 N–H and O–H groups in total. The summed E-state index contributed by atoms with van der Waals surface area (Å²) in [5.41, 5.74) is 6.60. The third-order valence-corrected chi connectivity index (χ3v) is 4.47. The molecule has 0 spiro atoms. The number of rotatable bonds is 5. The van der Waals surface area contributed by atoms with Crippen LogP contribution in [0.15, 0.2) is 60.7 Å². The topological polar surface area (TPSA) is 77.2 Å². The molecule has 1 amide bonds. The Labute approximate surface area is 163 Å². The first kappa shape index (κ1) is 18.1. The van der Waals surface area contributed by atoms with Gasteiger partial charge in [0, 0.05) is 6.54 Å². The molecule has 3 aromatic rings. The molecule has 0 aliphatic rings. The fourth-order valence-electron chi connectivity index (χ4n) is 2.25. The summed E-state index contributed by atoms with van der Waals surface area (Å²) >= 11 is 2.21. The number of ether oxygens (including phenoxy) is 1. The second kappa shape index (κ2) is 8.13. The zero-order valence-electron chi connectivity index (χ0n) is 13.6. The first-order valence-electron chi connectivity index (χ1n) is 7.74. The van der Waals surface area contributed by atoms with Gasteiger partial charge in [0.05, 0.1) is 9.13 Å². The molecule has 0 unspecified atom stereocenters. The SMILES string of the molecule is Nc1nc(F)ccc1C(=O)NCc1ccc(Oc2ccccc2I)cc1. The van der Waals surface area contributed by atoms with E-state index >= 15 is 0 Å². The Morgan fingerprint density at radius 1 is 1.12 bits per heavy atom. The van der Waals surface area contributed by atoms with E-state index in [0.29, 0.717) is 12.3 Å². The number of hydrogen-bond donors (Lipinski definition) is 2. The van der Waals surface area contributed by atoms with Crippen molar-refractivity contribution in [3.63, 3.8) is 0 Å². The number of carbonyl (C=O) groups excluding carboxylic acids is 1. The minimum Gasteiger partial charge on any atom is -0.456 e. The Kier molecular flexibility index (Phi) is 5.67. The highest BCUT2D eigenvalue weighted by Crippen LogP contribution is 2.26. The standard InChI is InChI=1S/C19H15FIN3O2/c20-17-10-9-14(18(22)24-17)19(25)23-11-12-5-7-13(8-6-12)26-16-4-2-1-3-15(16)21/h1-10H,11H2,(H2,22,24)(H,23,25). The fourth-order valence-corrected chi connectivity index (χ4v) is 2.75. The van der Waals surface area contributed by atoms with Crippen molar-refractivity contribution in [2.24, 2.45) is 0 Å². The van der Waals surface area contributed by atoms with Gasteiger partial charge in [0.1, 0.15) is 17.3 Å². The number of pyridine rings is 1. The van der Waals surface area contributed by atoms with Crippen LogP contribution in [0.1, 0.15) is 15.9 Å². The number of hydrogen-bond acceptors (Lipinski definition) is 4. The van der Waals surface area contributed by atoms with Crippen LogP contribution >= 0.6 is 22.6 Å². The number of benzene rings is 2. The number of nitrogen functional groups attached to an aromatic ring is 1. The van der Waals surface area contributed by atoms with Crippen LogP contribution in [0.2, 0.25) is 0 Å². The maximum absolute atomic E-state index is 12.9. The van der Waals surface area contributed by atoms with Crippen molar-refractivity contribution in [3.8, 4) is 11.5 Å². The minimum absolute atomic E-state index is 0.135. The normalized spacial score (nSPS) is 10.4. The summed E-state index contributed by atoms with van der Waals surface area (Å²) in [6, 6.07) is 17.5. The molecule has 132 valence electrons. The number of anilines is 1. The van der Waals surface area contributed by atoms with Gasteiger partial charge >= 0.3 is 0 Å². The van der Waals surface area contributed by atoms with E-state index in [1.165, 1.54) is 6.07 Å². The lowest BCUT2D eigenvalue weighted by molar-refractivity contribution is 0.0951. The Balaban J connectivity index is 1.61. The van der Waals surface area contributed by atoms with E-state index in [2.05, 4.69) is 32.9 Å². The first-order valence-corrected chi connectivity index (χ1v) is 8.82. The molecule has 0 saturated carbocycles. The van der Waals surface area contributed by atoms with E-state index in [1.807, 2.05) is 48.5 Å². The average Bonchev–Trinajstić information content (AvgIpc) is 2.63. The third kappa shape index (κ3) is 4.48. The largest absolute Gasteiger partial charge is 0.456 e. The van der Waals surface area contributed by atoms with Crippen LogP contribution in [0.25, 0.3) is 0 Å². The number of para-hydroxylation sites is 1. The van der Waals surface area contributed by atoms with E-state index in [0.717, 1.165) is 20.9 Å². The van der Waals surface area contributed by atoms with Gasteiger partial charge in [-0.3, -0.25) is 4.79 Å². The van der Waals surface area contributed by atoms with E-state index in [4.69, 9.17) is 10.5 Å². The van der Waals surface area contributed by atoms with Gasteiger partial charge in [-0.05, 0) is 64.6 Å². The summed E-state index contributed by atoms with van der Waals surface area (Å²) in [7, 11) is 0. The van der Waals surface area contributed by atoms with Crippen LogP contribution in [-0.4, -0.2) is 10.9 Å². The van der Waals surface area contributed by atoms with Crippen LogP contribution in [0.3, 0.4) is 0 Å². The van der Waals surface area contributed by atoms with Crippen molar-refractivity contribution in [1.82, 2.24) is 10.3 Å². The van der Waals surface area contributed by atoms with Crippen molar-refractivity contribution in [1.29, 1.82) is 0 Å². The zero-order chi connectivity index (χ0) is 18.5. The number of aromatic nitrogens is 1. The van der Waals surface area contributed by atoms with Crippen LogP contribution in [0, 0.1) is 9.52 Å². The fraction of sp³-hybridized carbons (Fsp3) is 0.0526. The number of halogens is 2. The molecule has 2 aromatic carbocycles. The zero-order valence-corrected chi connectivity index (χ0v) is 15.7. The third-order valence-electron chi connectivity index (χ3n) is 3.58.